The summed E-state index contributed by atoms with van der Waals surface area (Å²) >= 11 is 3.48. The number of fused-ring (bicyclic) bond motifs is 1. The van der Waals surface area contributed by atoms with E-state index in [1.165, 1.54) is 5.56 Å². The van der Waals surface area contributed by atoms with Crippen molar-refractivity contribution in [1.82, 2.24) is 5.32 Å². The molecule has 104 valence electrons. The third-order valence-corrected chi connectivity index (χ3v) is 3.69. The fraction of sp³-hybridized carbons (Fsp3) is 0.267. The van der Waals surface area contributed by atoms with Gasteiger partial charge in [0.2, 0.25) is 0 Å². The molecule has 4 nitrogen and oxygen atoms in total. The SMILES string of the molecule is Cc1ccc(C(=O)NCc2cc(Br)cc3c2OCC3)o1. The number of halogens is 1. The van der Waals surface area contributed by atoms with Gasteiger partial charge in [-0.05, 0) is 36.8 Å². The van der Waals surface area contributed by atoms with E-state index in [2.05, 4.69) is 27.3 Å². The molecule has 0 aliphatic carbocycles. The van der Waals surface area contributed by atoms with Crippen molar-refractivity contribution in [2.45, 2.75) is 19.9 Å². The fourth-order valence-electron chi connectivity index (χ4n) is 2.30. The Morgan fingerprint density at radius 3 is 3.00 bits per heavy atom. The van der Waals surface area contributed by atoms with Gasteiger partial charge in [-0.3, -0.25) is 4.79 Å². The third-order valence-electron chi connectivity index (χ3n) is 3.23. The minimum absolute atomic E-state index is 0.218. The first-order chi connectivity index (χ1) is 9.63. The number of amides is 1. The molecule has 1 aliphatic rings. The Hall–Kier alpha value is -1.75. The van der Waals surface area contributed by atoms with Crippen LogP contribution in [0.1, 0.15) is 27.4 Å². The number of furan rings is 1. The zero-order valence-electron chi connectivity index (χ0n) is 11.0. The molecule has 0 spiro atoms. The number of aryl methyl sites for hydroxylation is 1. The van der Waals surface area contributed by atoms with Gasteiger partial charge in [0.05, 0.1) is 6.61 Å². The lowest BCUT2D eigenvalue weighted by Gasteiger charge is -2.09. The summed E-state index contributed by atoms with van der Waals surface area (Å²) in [7, 11) is 0. The molecule has 20 heavy (non-hydrogen) atoms. The number of rotatable bonds is 3. The number of nitrogens with one attached hydrogen (secondary N) is 1. The van der Waals surface area contributed by atoms with Crippen LogP contribution in [0.5, 0.6) is 5.75 Å². The summed E-state index contributed by atoms with van der Waals surface area (Å²) in [4.78, 5) is 12.0. The van der Waals surface area contributed by atoms with E-state index < -0.39 is 0 Å². The molecule has 0 saturated heterocycles. The van der Waals surface area contributed by atoms with Crippen LogP contribution in [-0.4, -0.2) is 12.5 Å². The Morgan fingerprint density at radius 1 is 1.40 bits per heavy atom. The van der Waals surface area contributed by atoms with Crippen LogP contribution in [0.2, 0.25) is 0 Å². The zero-order valence-corrected chi connectivity index (χ0v) is 12.6. The van der Waals surface area contributed by atoms with Gasteiger partial charge in [0.1, 0.15) is 11.5 Å². The maximum absolute atomic E-state index is 12.0. The summed E-state index contributed by atoms with van der Waals surface area (Å²) in [6.07, 6.45) is 0.910. The number of carbonyl (C=O) groups excluding carboxylic acids is 1. The quantitative estimate of drug-likeness (QED) is 0.936. The largest absolute Gasteiger partial charge is 0.493 e. The molecule has 0 saturated carbocycles. The van der Waals surface area contributed by atoms with Crippen molar-refractivity contribution < 1.29 is 13.9 Å². The first-order valence-electron chi connectivity index (χ1n) is 6.42. The van der Waals surface area contributed by atoms with E-state index in [0.29, 0.717) is 18.9 Å². The van der Waals surface area contributed by atoms with Crippen molar-refractivity contribution in [1.29, 1.82) is 0 Å². The molecule has 1 aromatic heterocycles. The monoisotopic (exact) mass is 335 g/mol. The van der Waals surface area contributed by atoms with Gasteiger partial charge in [-0.25, -0.2) is 0 Å². The van der Waals surface area contributed by atoms with Crippen molar-refractivity contribution in [3.05, 3.63) is 51.4 Å². The first-order valence-corrected chi connectivity index (χ1v) is 7.21. The second kappa shape index (κ2) is 5.32. The van der Waals surface area contributed by atoms with Gasteiger partial charge in [-0.2, -0.15) is 0 Å². The standard InChI is InChI=1S/C15H14BrNO3/c1-9-2-3-13(20-9)15(18)17-8-11-7-12(16)6-10-4-5-19-14(10)11/h2-3,6-7H,4-5,8H2,1H3,(H,17,18). The predicted molar refractivity (Wildman–Crippen MR) is 78.0 cm³/mol. The Bertz CT molecular complexity index is 663. The normalized spacial score (nSPS) is 12.9. The highest BCUT2D eigenvalue weighted by Crippen LogP contribution is 2.32. The maximum atomic E-state index is 12.0. The minimum atomic E-state index is -0.218. The lowest BCUT2D eigenvalue weighted by Crippen LogP contribution is -2.22. The Labute approximate surface area is 125 Å². The smallest absolute Gasteiger partial charge is 0.287 e. The molecule has 1 aromatic carbocycles. The van der Waals surface area contributed by atoms with Crippen LogP contribution < -0.4 is 10.1 Å². The summed E-state index contributed by atoms with van der Waals surface area (Å²) < 4.78 is 11.9. The first kappa shape index (κ1) is 13.2. The second-order valence-corrected chi connectivity index (χ2v) is 5.66. The van der Waals surface area contributed by atoms with Crippen LogP contribution in [0.15, 0.2) is 33.2 Å². The van der Waals surface area contributed by atoms with E-state index in [1.54, 1.807) is 12.1 Å². The molecular formula is C15H14BrNO3. The van der Waals surface area contributed by atoms with Crippen molar-refractivity contribution in [3.8, 4) is 5.75 Å². The average Bonchev–Trinajstić information content (AvgIpc) is 3.03. The lowest BCUT2D eigenvalue weighted by molar-refractivity contribution is 0.0921. The van der Waals surface area contributed by atoms with E-state index in [9.17, 15) is 4.79 Å². The Kier molecular flexibility index (Phi) is 3.53. The number of ether oxygens (including phenoxy) is 1. The fourth-order valence-corrected chi connectivity index (χ4v) is 2.85. The molecule has 0 bridgehead atoms. The summed E-state index contributed by atoms with van der Waals surface area (Å²) in [6, 6.07) is 7.47. The minimum Gasteiger partial charge on any atom is -0.493 e. The number of hydrogen-bond donors (Lipinski definition) is 1. The topological polar surface area (TPSA) is 51.5 Å². The van der Waals surface area contributed by atoms with Gasteiger partial charge < -0.3 is 14.5 Å². The Balaban J connectivity index is 1.74. The van der Waals surface area contributed by atoms with E-state index in [1.807, 2.05) is 13.0 Å². The zero-order chi connectivity index (χ0) is 14.1. The molecule has 3 rings (SSSR count). The van der Waals surface area contributed by atoms with Crippen LogP contribution in [0, 0.1) is 6.92 Å². The number of benzene rings is 1. The molecule has 0 atom stereocenters. The number of carbonyl (C=O) groups is 1. The molecule has 1 aliphatic heterocycles. The van der Waals surface area contributed by atoms with Crippen LogP contribution in [0.4, 0.5) is 0 Å². The van der Waals surface area contributed by atoms with Crippen molar-refractivity contribution in [3.63, 3.8) is 0 Å². The molecule has 2 heterocycles. The second-order valence-electron chi connectivity index (χ2n) is 4.74. The van der Waals surface area contributed by atoms with Crippen molar-refractivity contribution in [2.24, 2.45) is 0 Å². The summed E-state index contributed by atoms with van der Waals surface area (Å²) in [5.41, 5.74) is 2.15. The van der Waals surface area contributed by atoms with Crippen molar-refractivity contribution in [2.75, 3.05) is 6.61 Å². The molecular weight excluding hydrogens is 322 g/mol. The molecule has 0 fully saturated rings. The van der Waals surface area contributed by atoms with Gasteiger partial charge in [0.15, 0.2) is 5.76 Å². The van der Waals surface area contributed by atoms with Gasteiger partial charge >= 0.3 is 0 Å². The maximum Gasteiger partial charge on any atom is 0.287 e. The van der Waals surface area contributed by atoms with E-state index in [-0.39, 0.29) is 5.91 Å². The van der Waals surface area contributed by atoms with Gasteiger partial charge in [0.25, 0.3) is 5.91 Å². The predicted octanol–water partition coefficient (Wildman–Crippen LogP) is 3.22. The number of hydrogen-bond acceptors (Lipinski definition) is 3. The molecule has 2 aromatic rings. The van der Waals surface area contributed by atoms with E-state index >= 15 is 0 Å². The van der Waals surface area contributed by atoms with Crippen LogP contribution in [0.3, 0.4) is 0 Å². The molecule has 0 unspecified atom stereocenters. The summed E-state index contributed by atoms with van der Waals surface area (Å²) in [6.45, 7) is 2.93. The van der Waals surface area contributed by atoms with Crippen LogP contribution in [-0.2, 0) is 13.0 Å². The highest BCUT2D eigenvalue weighted by molar-refractivity contribution is 9.10. The molecule has 0 radical (unpaired) electrons. The molecule has 5 heteroatoms. The lowest BCUT2D eigenvalue weighted by atomic mass is 10.1. The van der Waals surface area contributed by atoms with Gasteiger partial charge in [-0.15, -0.1) is 0 Å². The van der Waals surface area contributed by atoms with Gasteiger partial charge in [-0.1, -0.05) is 15.9 Å². The summed E-state index contributed by atoms with van der Waals surface area (Å²) in [5.74, 6) is 1.73. The van der Waals surface area contributed by atoms with Crippen LogP contribution >= 0.6 is 15.9 Å². The molecule has 1 N–H and O–H groups in total. The Morgan fingerprint density at radius 2 is 2.25 bits per heavy atom. The third kappa shape index (κ3) is 2.58. The van der Waals surface area contributed by atoms with Crippen molar-refractivity contribution >= 4 is 21.8 Å². The highest BCUT2D eigenvalue weighted by atomic mass is 79.9. The van der Waals surface area contributed by atoms with E-state index in [0.717, 1.165) is 28.0 Å². The molecule has 1 amide bonds. The van der Waals surface area contributed by atoms with E-state index in [4.69, 9.17) is 9.15 Å². The highest BCUT2D eigenvalue weighted by Gasteiger charge is 2.18. The van der Waals surface area contributed by atoms with Crippen LogP contribution in [0.25, 0.3) is 0 Å². The summed E-state index contributed by atoms with van der Waals surface area (Å²) in [5, 5.41) is 2.85. The average molecular weight is 336 g/mol. The van der Waals surface area contributed by atoms with Gasteiger partial charge in [0, 0.05) is 23.0 Å².